The van der Waals surface area contributed by atoms with E-state index in [9.17, 15) is 0 Å². The Kier molecular flexibility index (Phi) is 5.25. The van der Waals surface area contributed by atoms with Gasteiger partial charge in [0, 0.05) is 0 Å². The Hall–Kier alpha value is -0.870. The Morgan fingerprint density at radius 2 is 2.21 bits per heavy atom. The molecule has 4 heteroatoms. The molecule has 0 fully saturated rings. The SMILES string of the molecule is CCSC(=S)N/N=C/c1ccccc1. The van der Waals surface area contributed by atoms with Crippen LogP contribution < -0.4 is 5.43 Å². The van der Waals surface area contributed by atoms with E-state index in [0.717, 1.165) is 11.3 Å². The fraction of sp³-hybridized carbons (Fsp3) is 0.200. The summed E-state index contributed by atoms with van der Waals surface area (Å²) in [5.41, 5.74) is 3.86. The summed E-state index contributed by atoms with van der Waals surface area (Å²) in [6.45, 7) is 2.06. The van der Waals surface area contributed by atoms with E-state index in [1.165, 1.54) is 0 Å². The maximum atomic E-state index is 5.01. The van der Waals surface area contributed by atoms with Crippen molar-refractivity contribution in [3.8, 4) is 0 Å². The predicted molar refractivity (Wildman–Crippen MR) is 67.9 cm³/mol. The van der Waals surface area contributed by atoms with Crippen LogP contribution in [-0.2, 0) is 0 Å². The molecule has 0 atom stereocenters. The second-order valence-electron chi connectivity index (χ2n) is 2.50. The van der Waals surface area contributed by atoms with E-state index in [4.69, 9.17) is 12.2 Å². The lowest BCUT2D eigenvalue weighted by molar-refractivity contribution is 1.07. The van der Waals surface area contributed by atoms with Crippen LogP contribution in [0.15, 0.2) is 35.4 Å². The van der Waals surface area contributed by atoms with E-state index in [1.54, 1.807) is 18.0 Å². The van der Waals surface area contributed by atoms with Crippen molar-refractivity contribution in [2.45, 2.75) is 6.92 Å². The number of hydrogen-bond donors (Lipinski definition) is 1. The lowest BCUT2D eigenvalue weighted by atomic mass is 10.2. The number of thiocarbonyl (C=S) groups is 1. The maximum Gasteiger partial charge on any atom is 0.154 e. The Bertz CT molecular complexity index is 309. The van der Waals surface area contributed by atoms with E-state index in [-0.39, 0.29) is 0 Å². The smallest absolute Gasteiger partial charge is 0.154 e. The highest BCUT2D eigenvalue weighted by atomic mass is 32.2. The van der Waals surface area contributed by atoms with Gasteiger partial charge in [-0.2, -0.15) is 5.10 Å². The molecule has 0 unspecified atom stereocenters. The van der Waals surface area contributed by atoms with Crippen molar-refractivity contribution in [1.82, 2.24) is 5.43 Å². The van der Waals surface area contributed by atoms with Crippen LogP contribution in [0.4, 0.5) is 0 Å². The number of rotatable bonds is 3. The molecule has 0 aliphatic heterocycles. The summed E-state index contributed by atoms with van der Waals surface area (Å²) in [7, 11) is 0. The molecule has 0 radical (unpaired) electrons. The third-order valence-electron chi connectivity index (χ3n) is 1.44. The first-order chi connectivity index (χ1) is 6.83. The van der Waals surface area contributed by atoms with Gasteiger partial charge in [0.1, 0.15) is 0 Å². The first-order valence-electron chi connectivity index (χ1n) is 4.34. The molecule has 0 saturated heterocycles. The molecule has 1 rings (SSSR count). The topological polar surface area (TPSA) is 24.4 Å². The van der Waals surface area contributed by atoms with Crippen molar-refractivity contribution in [3.05, 3.63) is 35.9 Å². The van der Waals surface area contributed by atoms with Gasteiger partial charge in [-0.05, 0) is 11.3 Å². The zero-order chi connectivity index (χ0) is 10.2. The largest absolute Gasteiger partial charge is 0.262 e. The Morgan fingerprint density at radius 1 is 1.50 bits per heavy atom. The van der Waals surface area contributed by atoms with Crippen molar-refractivity contribution >= 4 is 34.5 Å². The summed E-state index contributed by atoms with van der Waals surface area (Å²) < 4.78 is 0.708. The van der Waals surface area contributed by atoms with Crippen molar-refractivity contribution < 1.29 is 0 Å². The summed E-state index contributed by atoms with van der Waals surface area (Å²) in [6.07, 6.45) is 1.75. The molecule has 0 heterocycles. The van der Waals surface area contributed by atoms with Gasteiger partial charge in [-0.3, -0.25) is 5.43 Å². The molecule has 0 aliphatic carbocycles. The number of thioether (sulfide) groups is 1. The van der Waals surface area contributed by atoms with E-state index < -0.39 is 0 Å². The number of benzene rings is 1. The van der Waals surface area contributed by atoms with Crippen molar-refractivity contribution in [2.75, 3.05) is 5.75 Å². The highest BCUT2D eigenvalue weighted by Gasteiger charge is 1.90. The van der Waals surface area contributed by atoms with Gasteiger partial charge >= 0.3 is 0 Å². The zero-order valence-electron chi connectivity index (χ0n) is 7.93. The summed E-state index contributed by atoms with van der Waals surface area (Å²) in [5, 5.41) is 4.02. The Balaban J connectivity index is 2.38. The van der Waals surface area contributed by atoms with Crippen molar-refractivity contribution in [1.29, 1.82) is 0 Å². The Labute approximate surface area is 93.8 Å². The maximum absolute atomic E-state index is 5.01. The van der Waals surface area contributed by atoms with Gasteiger partial charge in [0.05, 0.1) is 6.21 Å². The van der Waals surface area contributed by atoms with Gasteiger partial charge in [0.25, 0.3) is 0 Å². The Morgan fingerprint density at radius 3 is 2.86 bits per heavy atom. The summed E-state index contributed by atoms with van der Waals surface area (Å²) in [4.78, 5) is 0. The highest BCUT2D eigenvalue weighted by Crippen LogP contribution is 1.99. The molecule has 0 aliphatic rings. The van der Waals surface area contributed by atoms with E-state index in [2.05, 4.69) is 17.5 Å². The minimum absolute atomic E-state index is 0.708. The number of nitrogens with one attached hydrogen (secondary N) is 1. The van der Waals surface area contributed by atoms with Crippen LogP contribution >= 0.6 is 24.0 Å². The monoisotopic (exact) mass is 224 g/mol. The van der Waals surface area contributed by atoms with Crippen LogP contribution in [0.5, 0.6) is 0 Å². The predicted octanol–water partition coefficient (Wildman–Crippen LogP) is 2.65. The third-order valence-corrected chi connectivity index (χ3v) is 2.53. The molecule has 1 aromatic rings. The van der Waals surface area contributed by atoms with Gasteiger partial charge in [-0.25, -0.2) is 0 Å². The van der Waals surface area contributed by atoms with Crippen LogP contribution in [0.2, 0.25) is 0 Å². The van der Waals surface area contributed by atoms with E-state index in [0.29, 0.717) is 4.32 Å². The molecule has 0 amide bonds. The standard InChI is InChI=1S/C10H12N2S2/c1-2-14-10(13)12-11-8-9-6-4-3-5-7-9/h3-8H,2H2,1H3,(H,12,13)/b11-8+. The fourth-order valence-electron chi connectivity index (χ4n) is 0.862. The molecule has 2 nitrogen and oxygen atoms in total. The number of hydrazone groups is 1. The van der Waals surface area contributed by atoms with Crippen molar-refractivity contribution in [3.63, 3.8) is 0 Å². The molecule has 1 aromatic carbocycles. The molecular weight excluding hydrogens is 212 g/mol. The van der Waals surface area contributed by atoms with E-state index in [1.807, 2.05) is 30.3 Å². The summed E-state index contributed by atoms with van der Waals surface area (Å²) >= 11 is 6.58. The average Bonchev–Trinajstić information content (AvgIpc) is 2.20. The molecule has 0 spiro atoms. The second-order valence-corrected chi connectivity index (χ2v) is 4.44. The number of nitrogens with zero attached hydrogens (tertiary/aromatic N) is 1. The highest BCUT2D eigenvalue weighted by molar-refractivity contribution is 8.22. The first kappa shape index (κ1) is 11.2. The van der Waals surface area contributed by atoms with Gasteiger partial charge in [-0.1, -0.05) is 61.2 Å². The molecular formula is C10H12N2S2. The van der Waals surface area contributed by atoms with Crippen LogP contribution in [-0.4, -0.2) is 16.3 Å². The minimum atomic E-state index is 0.708. The minimum Gasteiger partial charge on any atom is -0.262 e. The quantitative estimate of drug-likeness (QED) is 0.485. The van der Waals surface area contributed by atoms with Gasteiger partial charge in [0.2, 0.25) is 0 Å². The normalized spacial score (nSPS) is 10.4. The lowest BCUT2D eigenvalue weighted by Crippen LogP contribution is -2.11. The van der Waals surface area contributed by atoms with Crippen LogP contribution in [0.25, 0.3) is 0 Å². The molecule has 74 valence electrons. The average molecular weight is 224 g/mol. The second kappa shape index (κ2) is 6.56. The number of hydrogen-bond acceptors (Lipinski definition) is 3. The van der Waals surface area contributed by atoms with Gasteiger partial charge in [-0.15, -0.1) is 0 Å². The lowest BCUT2D eigenvalue weighted by Gasteiger charge is -1.98. The van der Waals surface area contributed by atoms with Crippen LogP contribution in [0, 0.1) is 0 Å². The van der Waals surface area contributed by atoms with E-state index >= 15 is 0 Å². The molecule has 0 aromatic heterocycles. The van der Waals surface area contributed by atoms with Crippen LogP contribution in [0.1, 0.15) is 12.5 Å². The first-order valence-corrected chi connectivity index (χ1v) is 5.73. The molecule has 0 saturated carbocycles. The van der Waals surface area contributed by atoms with Gasteiger partial charge < -0.3 is 0 Å². The third kappa shape index (κ3) is 4.39. The molecule has 14 heavy (non-hydrogen) atoms. The van der Waals surface area contributed by atoms with Crippen molar-refractivity contribution in [2.24, 2.45) is 5.10 Å². The zero-order valence-corrected chi connectivity index (χ0v) is 9.57. The van der Waals surface area contributed by atoms with Crippen LogP contribution in [0.3, 0.4) is 0 Å². The molecule has 1 N–H and O–H groups in total. The summed E-state index contributed by atoms with van der Waals surface area (Å²) in [6, 6.07) is 9.89. The molecule has 0 bridgehead atoms. The van der Waals surface area contributed by atoms with Gasteiger partial charge in [0.15, 0.2) is 4.32 Å². The fourth-order valence-corrected chi connectivity index (χ4v) is 1.65. The summed E-state index contributed by atoms with van der Waals surface area (Å²) in [5.74, 6) is 0.965.